The van der Waals surface area contributed by atoms with Crippen LogP contribution in [-0.4, -0.2) is 21.3 Å². The Kier molecular flexibility index (Phi) is 5.12. The average Bonchev–Trinajstić information content (AvgIpc) is 2.82. The van der Waals surface area contributed by atoms with E-state index in [2.05, 4.69) is 53.5 Å². The van der Waals surface area contributed by atoms with Gasteiger partial charge >= 0.3 is 6.01 Å². The van der Waals surface area contributed by atoms with E-state index in [-0.39, 0.29) is 0 Å². The monoisotopic (exact) mass is 274 g/mol. The van der Waals surface area contributed by atoms with Gasteiger partial charge in [-0.25, -0.2) is 0 Å². The topological polar surface area (TPSA) is 52.0 Å². The maximum Gasteiger partial charge on any atom is 0.335 e. The Morgan fingerprint density at radius 2 is 2.10 bits per heavy atom. The summed E-state index contributed by atoms with van der Waals surface area (Å²) in [5.41, 5.74) is 2.39. The Morgan fingerprint density at radius 3 is 2.80 bits per heavy atom. The molecule has 0 aliphatic carbocycles. The molecule has 0 fully saturated rings. The molecule has 0 aliphatic heterocycles. The van der Waals surface area contributed by atoms with Gasteiger partial charge in [0.15, 0.2) is 0 Å². The summed E-state index contributed by atoms with van der Waals surface area (Å²) in [6.45, 7) is 6.81. The van der Waals surface area contributed by atoms with Crippen molar-refractivity contribution < 1.29 is 4.74 Å². The van der Waals surface area contributed by atoms with Crippen molar-refractivity contribution in [2.45, 2.75) is 27.0 Å². The van der Waals surface area contributed by atoms with E-state index in [4.69, 9.17) is 4.74 Å². The first-order chi connectivity index (χ1) is 9.63. The van der Waals surface area contributed by atoms with E-state index in [0.717, 1.165) is 18.7 Å². The quantitative estimate of drug-likeness (QED) is 0.840. The molecule has 0 saturated carbocycles. The highest BCUT2D eigenvalue weighted by Gasteiger charge is 2.02. The van der Waals surface area contributed by atoms with Gasteiger partial charge in [-0.15, -0.1) is 5.10 Å². The number of aromatic nitrogens is 3. The first-order valence-corrected chi connectivity index (χ1v) is 6.90. The minimum absolute atomic E-state index is 0.413. The van der Waals surface area contributed by atoms with Crippen molar-refractivity contribution in [1.82, 2.24) is 20.1 Å². The molecule has 0 unspecified atom stereocenters. The largest absolute Gasteiger partial charge is 0.458 e. The lowest BCUT2D eigenvalue weighted by Crippen LogP contribution is -2.19. The van der Waals surface area contributed by atoms with Crippen LogP contribution in [0.25, 0.3) is 0 Å². The molecule has 5 heteroatoms. The second kappa shape index (κ2) is 7.05. The Labute approximate surface area is 120 Å². The molecular weight excluding hydrogens is 252 g/mol. The normalized spacial score (nSPS) is 11.0. The van der Waals surface area contributed by atoms with Gasteiger partial charge in [0, 0.05) is 13.6 Å². The van der Waals surface area contributed by atoms with Crippen LogP contribution < -0.4 is 10.1 Å². The van der Waals surface area contributed by atoms with E-state index in [1.165, 1.54) is 5.56 Å². The van der Waals surface area contributed by atoms with E-state index < -0.39 is 0 Å². The second-order valence-corrected chi connectivity index (χ2v) is 5.33. The Morgan fingerprint density at radius 1 is 1.30 bits per heavy atom. The summed E-state index contributed by atoms with van der Waals surface area (Å²) >= 11 is 0. The van der Waals surface area contributed by atoms with Crippen molar-refractivity contribution in [2.75, 3.05) is 6.54 Å². The molecule has 1 heterocycles. The molecule has 0 amide bonds. The summed E-state index contributed by atoms with van der Waals surface area (Å²) in [4.78, 5) is 4.04. The van der Waals surface area contributed by atoms with Crippen LogP contribution in [0.3, 0.4) is 0 Å². The van der Waals surface area contributed by atoms with Crippen molar-refractivity contribution in [2.24, 2.45) is 13.0 Å². The summed E-state index contributed by atoms with van der Waals surface area (Å²) in [6, 6.07) is 8.79. The van der Waals surface area contributed by atoms with Crippen LogP contribution in [0, 0.1) is 5.92 Å². The number of hydrogen-bond donors (Lipinski definition) is 1. The van der Waals surface area contributed by atoms with Gasteiger partial charge in [0.25, 0.3) is 0 Å². The van der Waals surface area contributed by atoms with Gasteiger partial charge in [0.05, 0.1) is 0 Å². The molecule has 108 valence electrons. The van der Waals surface area contributed by atoms with Crippen molar-refractivity contribution >= 4 is 0 Å². The lowest BCUT2D eigenvalue weighted by atomic mass is 10.1. The minimum Gasteiger partial charge on any atom is -0.458 e. The van der Waals surface area contributed by atoms with Crippen LogP contribution in [0.2, 0.25) is 0 Å². The van der Waals surface area contributed by atoms with E-state index in [9.17, 15) is 0 Å². The van der Waals surface area contributed by atoms with Gasteiger partial charge in [-0.2, -0.15) is 4.98 Å². The highest BCUT2D eigenvalue weighted by molar-refractivity contribution is 5.23. The van der Waals surface area contributed by atoms with Gasteiger partial charge < -0.3 is 10.1 Å². The molecular formula is C15H22N4O. The zero-order chi connectivity index (χ0) is 14.4. The van der Waals surface area contributed by atoms with Crippen molar-refractivity contribution in [3.05, 3.63) is 41.7 Å². The Hall–Kier alpha value is -1.88. The summed E-state index contributed by atoms with van der Waals surface area (Å²) in [5.74, 6) is 0.664. The van der Waals surface area contributed by atoms with Crippen LogP contribution in [-0.2, 0) is 20.2 Å². The molecule has 2 rings (SSSR count). The summed E-state index contributed by atoms with van der Waals surface area (Å²) in [7, 11) is 1.82. The molecule has 0 bridgehead atoms. The Balaban J connectivity index is 1.85. The molecule has 1 aromatic heterocycles. The Bertz CT molecular complexity index is 536. The number of hydrogen-bond acceptors (Lipinski definition) is 4. The molecule has 0 atom stereocenters. The smallest absolute Gasteiger partial charge is 0.335 e. The number of benzene rings is 1. The second-order valence-electron chi connectivity index (χ2n) is 5.33. The molecule has 0 radical (unpaired) electrons. The first kappa shape index (κ1) is 14.5. The van der Waals surface area contributed by atoms with E-state index in [1.54, 1.807) is 11.0 Å². The molecule has 0 spiro atoms. The third kappa shape index (κ3) is 4.66. The first-order valence-electron chi connectivity index (χ1n) is 6.90. The molecule has 2 aromatic rings. The minimum atomic E-state index is 0.413. The van der Waals surface area contributed by atoms with E-state index in [0.29, 0.717) is 18.5 Å². The number of nitrogens with one attached hydrogen (secondary N) is 1. The highest BCUT2D eigenvalue weighted by atomic mass is 16.5. The number of rotatable bonds is 7. The van der Waals surface area contributed by atoms with Gasteiger partial charge in [0.1, 0.15) is 12.9 Å². The van der Waals surface area contributed by atoms with Gasteiger partial charge in [-0.1, -0.05) is 38.1 Å². The van der Waals surface area contributed by atoms with Crippen LogP contribution in [0.5, 0.6) is 6.01 Å². The molecule has 1 N–H and O–H groups in total. The van der Waals surface area contributed by atoms with Crippen LogP contribution in [0.15, 0.2) is 30.6 Å². The maximum atomic E-state index is 5.55. The van der Waals surface area contributed by atoms with Crippen LogP contribution in [0.4, 0.5) is 0 Å². The molecule has 1 aromatic carbocycles. The van der Waals surface area contributed by atoms with Gasteiger partial charge in [-0.3, -0.25) is 4.68 Å². The van der Waals surface area contributed by atoms with Gasteiger partial charge in [-0.05, 0) is 23.6 Å². The average molecular weight is 274 g/mol. The summed E-state index contributed by atoms with van der Waals surface area (Å²) < 4.78 is 7.17. The number of aryl methyl sites for hydroxylation is 1. The highest BCUT2D eigenvalue weighted by Crippen LogP contribution is 2.09. The van der Waals surface area contributed by atoms with Crippen molar-refractivity contribution in [3.8, 4) is 6.01 Å². The van der Waals surface area contributed by atoms with Crippen molar-refractivity contribution in [1.29, 1.82) is 0 Å². The molecule has 20 heavy (non-hydrogen) atoms. The van der Waals surface area contributed by atoms with E-state index >= 15 is 0 Å². The van der Waals surface area contributed by atoms with Gasteiger partial charge in [0.2, 0.25) is 0 Å². The summed E-state index contributed by atoms with van der Waals surface area (Å²) in [6.07, 6.45) is 1.63. The lowest BCUT2D eigenvalue weighted by molar-refractivity contribution is 0.280. The number of ether oxygens (including phenoxy) is 1. The third-order valence-electron chi connectivity index (χ3n) is 2.82. The molecule has 0 aliphatic rings. The zero-order valence-corrected chi connectivity index (χ0v) is 12.3. The lowest BCUT2D eigenvalue weighted by Gasteiger charge is -2.09. The molecule has 5 nitrogen and oxygen atoms in total. The fourth-order valence-electron chi connectivity index (χ4n) is 1.87. The van der Waals surface area contributed by atoms with Crippen molar-refractivity contribution in [3.63, 3.8) is 0 Å². The fourth-order valence-corrected chi connectivity index (χ4v) is 1.87. The predicted octanol–water partition coefficient (Wildman–Crippen LogP) is 2.14. The number of nitrogens with zero attached hydrogens (tertiary/aromatic N) is 3. The molecule has 0 saturated heterocycles. The SMILES string of the molecule is CC(C)CNCc1cccc(COc2ncn(C)n2)c1. The maximum absolute atomic E-state index is 5.55. The summed E-state index contributed by atoms with van der Waals surface area (Å²) in [5, 5.41) is 7.52. The third-order valence-corrected chi connectivity index (χ3v) is 2.82. The van der Waals surface area contributed by atoms with Crippen LogP contribution >= 0.6 is 0 Å². The predicted molar refractivity (Wildman–Crippen MR) is 78.3 cm³/mol. The standard InChI is InChI=1S/C15H22N4O/c1-12(2)8-16-9-13-5-4-6-14(7-13)10-20-15-17-11-19(3)18-15/h4-7,11-12,16H,8-10H2,1-3H3. The fraction of sp³-hybridized carbons (Fsp3) is 0.467. The zero-order valence-electron chi connectivity index (χ0n) is 12.3. The van der Waals surface area contributed by atoms with E-state index in [1.807, 2.05) is 7.05 Å². The van der Waals surface area contributed by atoms with Crippen LogP contribution in [0.1, 0.15) is 25.0 Å².